The largest absolute Gasteiger partial charge is 0.305 e. The molecule has 2 heterocycles. The number of halogens is 1. The van der Waals surface area contributed by atoms with E-state index in [4.69, 9.17) is 11.6 Å². The van der Waals surface area contributed by atoms with Gasteiger partial charge in [-0.05, 0) is 37.3 Å². The number of carbonyl (C=O) groups is 1. The van der Waals surface area contributed by atoms with Crippen LogP contribution in [0.1, 0.15) is 34.4 Å². The molecular formula is C18H17ClN2OS. The van der Waals surface area contributed by atoms with Crippen LogP contribution in [0.15, 0.2) is 29.3 Å². The zero-order valence-corrected chi connectivity index (χ0v) is 14.5. The molecule has 0 atom stereocenters. The summed E-state index contributed by atoms with van der Waals surface area (Å²) in [6, 6.07) is 7.77. The van der Waals surface area contributed by atoms with Gasteiger partial charge in [0.05, 0.1) is 5.71 Å². The van der Waals surface area contributed by atoms with Crippen molar-refractivity contribution in [1.29, 1.82) is 0 Å². The van der Waals surface area contributed by atoms with E-state index >= 15 is 0 Å². The van der Waals surface area contributed by atoms with Gasteiger partial charge in [0, 0.05) is 28.1 Å². The van der Waals surface area contributed by atoms with Crippen LogP contribution in [0.25, 0.3) is 0 Å². The standard InChI is InChI=1S/C18H17ClN2OS/c1-21-15(22)10-20-17(11-6-2-4-8-13(11)19)16-12-7-3-5-9-14(12)23-18(16)21/h2,4,6,8H,3,5,7,9-10H2,1H3. The molecule has 0 N–H and O–H groups in total. The second kappa shape index (κ2) is 5.77. The molecular weight excluding hydrogens is 328 g/mol. The Kier molecular flexibility index (Phi) is 3.74. The zero-order chi connectivity index (χ0) is 16.0. The van der Waals surface area contributed by atoms with Crippen LogP contribution in [0.4, 0.5) is 5.00 Å². The highest BCUT2D eigenvalue weighted by atomic mass is 35.5. The Bertz CT molecular complexity index is 824. The average Bonchev–Trinajstić information content (AvgIpc) is 2.90. The minimum absolute atomic E-state index is 0.0342. The number of thiophene rings is 1. The Balaban J connectivity index is 1.98. The van der Waals surface area contributed by atoms with Gasteiger partial charge in [-0.1, -0.05) is 29.8 Å². The summed E-state index contributed by atoms with van der Waals surface area (Å²) in [4.78, 5) is 20.2. The van der Waals surface area contributed by atoms with Crippen molar-refractivity contribution >= 4 is 39.6 Å². The second-order valence-corrected chi connectivity index (χ2v) is 7.48. The molecule has 0 radical (unpaired) electrons. The van der Waals surface area contributed by atoms with Gasteiger partial charge in [-0.2, -0.15) is 0 Å². The predicted molar refractivity (Wildman–Crippen MR) is 96.3 cm³/mol. The molecule has 0 saturated carbocycles. The Morgan fingerprint density at radius 1 is 1.22 bits per heavy atom. The zero-order valence-electron chi connectivity index (χ0n) is 12.9. The quantitative estimate of drug-likeness (QED) is 0.766. The first-order chi connectivity index (χ1) is 11.2. The van der Waals surface area contributed by atoms with Gasteiger partial charge in [-0.3, -0.25) is 9.79 Å². The average molecular weight is 345 g/mol. The maximum atomic E-state index is 12.3. The number of aryl methyl sites for hydroxylation is 1. The van der Waals surface area contributed by atoms with Gasteiger partial charge in [-0.15, -0.1) is 11.3 Å². The van der Waals surface area contributed by atoms with Crippen molar-refractivity contribution < 1.29 is 4.79 Å². The first-order valence-electron chi connectivity index (χ1n) is 7.87. The van der Waals surface area contributed by atoms with Crippen molar-refractivity contribution in [3.63, 3.8) is 0 Å². The van der Waals surface area contributed by atoms with E-state index in [-0.39, 0.29) is 12.5 Å². The van der Waals surface area contributed by atoms with Gasteiger partial charge in [0.25, 0.3) is 0 Å². The number of anilines is 1. The third-order valence-corrected chi connectivity index (χ3v) is 6.27. The van der Waals surface area contributed by atoms with E-state index < -0.39 is 0 Å². The third-order valence-electron chi connectivity index (χ3n) is 4.57. The number of amides is 1. The van der Waals surface area contributed by atoms with E-state index in [1.54, 1.807) is 16.2 Å². The van der Waals surface area contributed by atoms with Crippen LogP contribution < -0.4 is 4.90 Å². The van der Waals surface area contributed by atoms with Crippen LogP contribution >= 0.6 is 22.9 Å². The summed E-state index contributed by atoms with van der Waals surface area (Å²) in [5.74, 6) is 0.0342. The highest BCUT2D eigenvalue weighted by Crippen LogP contribution is 2.42. The summed E-state index contributed by atoms with van der Waals surface area (Å²) in [7, 11) is 1.86. The number of fused-ring (bicyclic) bond motifs is 3. The number of likely N-dealkylation sites (N-methyl/N-ethyl adjacent to an activating group) is 1. The SMILES string of the molecule is CN1C(=O)CN=C(c2ccccc2Cl)c2c1sc1c2CCCC1. The number of carbonyl (C=O) groups excluding carboxylic acids is 1. The fourth-order valence-electron chi connectivity index (χ4n) is 3.35. The summed E-state index contributed by atoms with van der Waals surface area (Å²) in [6.45, 7) is 0.174. The molecule has 0 unspecified atom stereocenters. The first kappa shape index (κ1) is 14.9. The van der Waals surface area contributed by atoms with Crippen LogP contribution in [-0.2, 0) is 17.6 Å². The van der Waals surface area contributed by atoms with Gasteiger partial charge >= 0.3 is 0 Å². The predicted octanol–water partition coefficient (Wildman–Crippen LogP) is 4.09. The Morgan fingerprint density at radius 2 is 2.00 bits per heavy atom. The number of nitrogens with zero attached hydrogens (tertiary/aromatic N) is 2. The molecule has 1 aliphatic carbocycles. The Labute approximate surface area is 144 Å². The van der Waals surface area contributed by atoms with Crippen LogP contribution in [0.2, 0.25) is 5.02 Å². The topological polar surface area (TPSA) is 32.7 Å². The van der Waals surface area contributed by atoms with E-state index in [1.807, 2.05) is 31.3 Å². The maximum Gasteiger partial charge on any atom is 0.249 e. The molecule has 1 amide bonds. The van der Waals surface area contributed by atoms with Crippen molar-refractivity contribution in [3.8, 4) is 0 Å². The highest BCUT2D eigenvalue weighted by Gasteiger charge is 2.31. The van der Waals surface area contributed by atoms with Crippen molar-refractivity contribution in [2.45, 2.75) is 25.7 Å². The Hall–Kier alpha value is -1.65. The lowest BCUT2D eigenvalue weighted by Crippen LogP contribution is -2.26. The molecule has 1 aliphatic heterocycles. The molecule has 0 saturated heterocycles. The van der Waals surface area contributed by atoms with Gasteiger partial charge in [0.2, 0.25) is 5.91 Å². The highest BCUT2D eigenvalue weighted by molar-refractivity contribution is 7.17. The molecule has 118 valence electrons. The van der Waals surface area contributed by atoms with Crippen LogP contribution in [0, 0.1) is 0 Å². The smallest absolute Gasteiger partial charge is 0.249 e. The molecule has 2 aliphatic rings. The van der Waals surface area contributed by atoms with Gasteiger partial charge < -0.3 is 4.90 Å². The molecule has 23 heavy (non-hydrogen) atoms. The molecule has 0 fully saturated rings. The lowest BCUT2D eigenvalue weighted by atomic mass is 9.91. The number of aliphatic imine (C=N–C) groups is 1. The van der Waals surface area contributed by atoms with E-state index in [2.05, 4.69) is 4.99 Å². The third kappa shape index (κ3) is 2.41. The molecule has 1 aromatic heterocycles. The second-order valence-electron chi connectivity index (χ2n) is 5.99. The van der Waals surface area contributed by atoms with Crippen LogP contribution in [0.5, 0.6) is 0 Å². The van der Waals surface area contributed by atoms with Crippen molar-refractivity contribution in [2.75, 3.05) is 18.5 Å². The van der Waals surface area contributed by atoms with Gasteiger partial charge in [0.1, 0.15) is 11.5 Å². The Morgan fingerprint density at radius 3 is 2.83 bits per heavy atom. The number of rotatable bonds is 1. The summed E-state index contributed by atoms with van der Waals surface area (Å²) < 4.78 is 0. The van der Waals surface area contributed by atoms with Crippen LogP contribution in [-0.4, -0.2) is 25.2 Å². The summed E-state index contributed by atoms with van der Waals surface area (Å²) in [5, 5.41) is 1.71. The number of hydrogen-bond acceptors (Lipinski definition) is 3. The molecule has 1 aromatic carbocycles. The fourth-order valence-corrected chi connectivity index (χ4v) is 4.94. The lowest BCUT2D eigenvalue weighted by Gasteiger charge is -2.16. The molecule has 2 aromatic rings. The molecule has 3 nitrogen and oxygen atoms in total. The minimum Gasteiger partial charge on any atom is -0.305 e. The summed E-state index contributed by atoms with van der Waals surface area (Å²) in [5.41, 5.74) is 4.30. The van der Waals surface area contributed by atoms with Crippen LogP contribution in [0.3, 0.4) is 0 Å². The first-order valence-corrected chi connectivity index (χ1v) is 9.07. The summed E-state index contributed by atoms with van der Waals surface area (Å²) >= 11 is 8.17. The number of hydrogen-bond donors (Lipinski definition) is 0. The normalized spacial score (nSPS) is 17.4. The number of benzene rings is 1. The molecule has 5 heteroatoms. The fraction of sp³-hybridized carbons (Fsp3) is 0.333. The van der Waals surface area contributed by atoms with E-state index in [0.717, 1.165) is 34.7 Å². The van der Waals surface area contributed by atoms with E-state index in [1.165, 1.54) is 23.3 Å². The molecule has 4 rings (SSSR count). The lowest BCUT2D eigenvalue weighted by molar-refractivity contribution is -0.116. The minimum atomic E-state index is 0.0342. The molecule has 0 spiro atoms. The van der Waals surface area contributed by atoms with Crippen molar-refractivity contribution in [2.24, 2.45) is 4.99 Å². The van der Waals surface area contributed by atoms with E-state index in [9.17, 15) is 4.79 Å². The maximum absolute atomic E-state index is 12.3. The van der Waals surface area contributed by atoms with Crippen molar-refractivity contribution in [3.05, 3.63) is 50.9 Å². The van der Waals surface area contributed by atoms with Crippen molar-refractivity contribution in [1.82, 2.24) is 0 Å². The summed E-state index contributed by atoms with van der Waals surface area (Å²) in [6.07, 6.45) is 4.59. The van der Waals surface area contributed by atoms with Gasteiger partial charge in [-0.25, -0.2) is 0 Å². The van der Waals surface area contributed by atoms with E-state index in [0.29, 0.717) is 5.02 Å². The molecule has 0 bridgehead atoms. The van der Waals surface area contributed by atoms with Gasteiger partial charge in [0.15, 0.2) is 0 Å². The monoisotopic (exact) mass is 344 g/mol.